The Balaban J connectivity index is 1.78. The fraction of sp³-hybridized carbons (Fsp3) is 0.167. The Morgan fingerprint density at radius 3 is 3.06 bits per heavy atom. The molecule has 2 N–H and O–H groups in total. The van der Waals surface area contributed by atoms with Crippen molar-refractivity contribution < 1.29 is 4.39 Å². The Kier molecular flexibility index (Phi) is 2.71. The normalized spacial score (nSPS) is 11.0. The van der Waals surface area contributed by atoms with Crippen LogP contribution in [0.15, 0.2) is 23.6 Å². The average Bonchev–Trinajstić information content (AvgIpc) is 2.92. The fourth-order valence-corrected chi connectivity index (χ4v) is 2.42. The van der Waals surface area contributed by atoms with Crippen molar-refractivity contribution in [1.82, 2.24) is 15.0 Å². The zero-order chi connectivity index (χ0) is 12.5. The van der Waals surface area contributed by atoms with E-state index >= 15 is 0 Å². The number of aryl methyl sites for hydroxylation is 1. The molecule has 0 aliphatic carbocycles. The van der Waals surface area contributed by atoms with Gasteiger partial charge in [0.1, 0.15) is 10.8 Å². The molecular formula is C12H11FN4S. The third kappa shape index (κ3) is 2.19. The lowest BCUT2D eigenvalue weighted by Gasteiger charge is -1.97. The van der Waals surface area contributed by atoms with Gasteiger partial charge in [-0.3, -0.25) is 0 Å². The Bertz CT molecular complexity index is 688. The van der Waals surface area contributed by atoms with Crippen molar-refractivity contribution in [3.05, 3.63) is 40.1 Å². The van der Waals surface area contributed by atoms with Gasteiger partial charge in [0, 0.05) is 11.1 Å². The molecule has 0 saturated heterocycles. The standard InChI is InChI=1S/C12H11FN4S/c1-7-6-18-11(15-7)5-14-12-16-9-3-2-8(13)4-10(9)17-12/h2-4,6H,5H2,1H3,(H2,14,16,17). The molecule has 0 bridgehead atoms. The third-order valence-corrected chi connectivity index (χ3v) is 3.48. The topological polar surface area (TPSA) is 53.6 Å². The van der Waals surface area contributed by atoms with Crippen LogP contribution >= 0.6 is 11.3 Å². The molecule has 3 aromatic rings. The number of hydrogen-bond acceptors (Lipinski definition) is 4. The number of rotatable bonds is 3. The predicted molar refractivity (Wildman–Crippen MR) is 70.2 cm³/mol. The van der Waals surface area contributed by atoms with Crippen LogP contribution in [0.4, 0.5) is 10.3 Å². The molecule has 3 rings (SSSR count). The van der Waals surface area contributed by atoms with Gasteiger partial charge in [0.15, 0.2) is 0 Å². The van der Waals surface area contributed by atoms with E-state index < -0.39 is 0 Å². The second-order valence-corrected chi connectivity index (χ2v) is 4.93. The number of thiazole rings is 1. The van der Waals surface area contributed by atoms with Gasteiger partial charge in [-0.15, -0.1) is 11.3 Å². The maximum atomic E-state index is 13.0. The number of halogens is 1. The van der Waals surface area contributed by atoms with Crippen molar-refractivity contribution >= 4 is 28.3 Å². The van der Waals surface area contributed by atoms with Gasteiger partial charge in [-0.2, -0.15) is 0 Å². The van der Waals surface area contributed by atoms with Gasteiger partial charge in [0.05, 0.1) is 17.6 Å². The maximum Gasteiger partial charge on any atom is 0.201 e. The summed E-state index contributed by atoms with van der Waals surface area (Å²) in [7, 11) is 0. The summed E-state index contributed by atoms with van der Waals surface area (Å²) in [5.74, 6) is 0.358. The number of fused-ring (bicyclic) bond motifs is 1. The van der Waals surface area contributed by atoms with Crippen molar-refractivity contribution in [2.75, 3.05) is 5.32 Å². The minimum absolute atomic E-state index is 0.270. The molecule has 92 valence electrons. The third-order valence-electron chi connectivity index (χ3n) is 2.52. The summed E-state index contributed by atoms with van der Waals surface area (Å²) in [4.78, 5) is 11.7. The van der Waals surface area contributed by atoms with E-state index in [1.807, 2.05) is 12.3 Å². The molecule has 0 amide bonds. The summed E-state index contributed by atoms with van der Waals surface area (Å²) < 4.78 is 13.0. The number of aromatic nitrogens is 3. The number of nitrogens with zero attached hydrogens (tertiary/aromatic N) is 2. The molecule has 2 heterocycles. The van der Waals surface area contributed by atoms with Gasteiger partial charge in [-0.25, -0.2) is 14.4 Å². The van der Waals surface area contributed by atoms with Crippen LogP contribution < -0.4 is 5.32 Å². The first kappa shape index (κ1) is 11.2. The number of H-pyrrole nitrogens is 1. The van der Waals surface area contributed by atoms with Gasteiger partial charge < -0.3 is 10.3 Å². The SMILES string of the molecule is Cc1csc(CNc2nc3ccc(F)cc3[nH]2)n1. The molecule has 0 radical (unpaired) electrons. The first-order valence-corrected chi connectivity index (χ1v) is 6.39. The summed E-state index contributed by atoms with van der Waals surface area (Å²) >= 11 is 1.60. The molecule has 0 aliphatic heterocycles. The number of anilines is 1. The van der Waals surface area contributed by atoms with E-state index in [1.165, 1.54) is 12.1 Å². The highest BCUT2D eigenvalue weighted by atomic mass is 32.1. The molecule has 0 fully saturated rings. The predicted octanol–water partition coefficient (Wildman–Crippen LogP) is 3.08. The van der Waals surface area contributed by atoms with Crippen LogP contribution in [0.5, 0.6) is 0 Å². The maximum absolute atomic E-state index is 13.0. The van der Waals surface area contributed by atoms with Gasteiger partial charge in [-0.1, -0.05) is 0 Å². The van der Waals surface area contributed by atoms with Crippen molar-refractivity contribution in [3.63, 3.8) is 0 Å². The molecule has 0 saturated carbocycles. The number of hydrogen-bond donors (Lipinski definition) is 2. The molecule has 0 atom stereocenters. The quantitative estimate of drug-likeness (QED) is 0.762. The van der Waals surface area contributed by atoms with Gasteiger partial charge >= 0.3 is 0 Å². The smallest absolute Gasteiger partial charge is 0.201 e. The van der Waals surface area contributed by atoms with Gasteiger partial charge in [0.25, 0.3) is 0 Å². The van der Waals surface area contributed by atoms with Crippen molar-refractivity contribution in [1.29, 1.82) is 0 Å². The average molecular weight is 262 g/mol. The van der Waals surface area contributed by atoms with E-state index in [0.717, 1.165) is 16.2 Å². The number of imidazole rings is 1. The molecule has 6 heteroatoms. The first-order valence-electron chi connectivity index (χ1n) is 5.51. The Labute approximate surface area is 107 Å². The lowest BCUT2D eigenvalue weighted by molar-refractivity contribution is 0.629. The van der Waals surface area contributed by atoms with E-state index in [0.29, 0.717) is 18.0 Å². The molecule has 0 unspecified atom stereocenters. The molecule has 2 aromatic heterocycles. The van der Waals surface area contributed by atoms with Crippen LogP contribution in [0.25, 0.3) is 11.0 Å². The van der Waals surface area contributed by atoms with E-state index in [9.17, 15) is 4.39 Å². The highest BCUT2D eigenvalue weighted by Crippen LogP contribution is 2.16. The Morgan fingerprint density at radius 1 is 1.39 bits per heavy atom. The largest absolute Gasteiger partial charge is 0.349 e. The van der Waals surface area contributed by atoms with Crippen LogP contribution in [0.3, 0.4) is 0 Å². The van der Waals surface area contributed by atoms with E-state index in [1.54, 1.807) is 17.4 Å². The number of nitrogens with one attached hydrogen (secondary N) is 2. The minimum Gasteiger partial charge on any atom is -0.349 e. The lowest BCUT2D eigenvalue weighted by atomic mass is 10.3. The minimum atomic E-state index is -0.270. The Morgan fingerprint density at radius 2 is 2.28 bits per heavy atom. The van der Waals surface area contributed by atoms with Gasteiger partial charge in [0.2, 0.25) is 5.95 Å². The summed E-state index contributed by atoms with van der Waals surface area (Å²) in [6.07, 6.45) is 0. The van der Waals surface area contributed by atoms with Gasteiger partial charge in [-0.05, 0) is 25.1 Å². The number of benzene rings is 1. The van der Waals surface area contributed by atoms with Crippen molar-refractivity contribution in [2.45, 2.75) is 13.5 Å². The molecule has 18 heavy (non-hydrogen) atoms. The molecular weight excluding hydrogens is 251 g/mol. The second kappa shape index (κ2) is 4.38. The van der Waals surface area contributed by atoms with Crippen molar-refractivity contribution in [2.24, 2.45) is 0 Å². The van der Waals surface area contributed by atoms with Crippen LogP contribution in [-0.2, 0) is 6.54 Å². The number of aromatic amines is 1. The molecule has 4 nitrogen and oxygen atoms in total. The fourth-order valence-electron chi connectivity index (χ4n) is 1.71. The van der Waals surface area contributed by atoms with Crippen LogP contribution in [-0.4, -0.2) is 15.0 Å². The highest BCUT2D eigenvalue weighted by Gasteiger charge is 2.04. The van der Waals surface area contributed by atoms with E-state index in [2.05, 4.69) is 20.3 Å². The zero-order valence-electron chi connectivity index (χ0n) is 9.70. The van der Waals surface area contributed by atoms with E-state index in [4.69, 9.17) is 0 Å². The Hall–Kier alpha value is -1.95. The van der Waals surface area contributed by atoms with Crippen molar-refractivity contribution in [3.8, 4) is 0 Å². The summed E-state index contributed by atoms with van der Waals surface area (Å²) in [5, 5.41) is 6.15. The highest BCUT2D eigenvalue weighted by molar-refractivity contribution is 7.09. The summed E-state index contributed by atoms with van der Waals surface area (Å²) in [6, 6.07) is 4.48. The molecule has 0 aliphatic rings. The molecule has 0 spiro atoms. The van der Waals surface area contributed by atoms with Crippen LogP contribution in [0.2, 0.25) is 0 Å². The first-order chi connectivity index (χ1) is 8.70. The second-order valence-electron chi connectivity index (χ2n) is 3.98. The molecule has 1 aromatic carbocycles. The monoisotopic (exact) mass is 262 g/mol. The van der Waals surface area contributed by atoms with E-state index in [-0.39, 0.29) is 5.82 Å². The summed E-state index contributed by atoms with van der Waals surface area (Å²) in [5.41, 5.74) is 2.45. The van der Waals surface area contributed by atoms with Crippen LogP contribution in [0.1, 0.15) is 10.7 Å². The zero-order valence-corrected chi connectivity index (χ0v) is 10.5. The lowest BCUT2D eigenvalue weighted by Crippen LogP contribution is -2.00. The summed E-state index contributed by atoms with van der Waals surface area (Å²) in [6.45, 7) is 2.57. The van der Waals surface area contributed by atoms with Crippen LogP contribution in [0, 0.1) is 12.7 Å².